The first kappa shape index (κ1) is 16.0. The van der Waals surface area contributed by atoms with Crippen molar-refractivity contribution in [1.82, 2.24) is 9.55 Å². The number of benzene rings is 2. The van der Waals surface area contributed by atoms with Crippen LogP contribution >= 0.6 is 27.5 Å². The van der Waals surface area contributed by atoms with Crippen molar-refractivity contribution in [3.63, 3.8) is 0 Å². The predicted molar refractivity (Wildman–Crippen MR) is 97.0 cm³/mol. The minimum atomic E-state index is -0.474. The second-order valence-corrected chi connectivity index (χ2v) is 6.89. The number of rotatable bonds is 2. The fourth-order valence-electron chi connectivity index (χ4n) is 2.51. The average Bonchev–Trinajstić information content (AvgIpc) is 2.50. The Kier molecular flexibility index (Phi) is 4.17. The number of nitrogens with one attached hydrogen (secondary N) is 1. The molecular weight excluding hydrogens is 380 g/mol. The van der Waals surface area contributed by atoms with E-state index in [0.717, 1.165) is 5.56 Å². The molecule has 0 aliphatic rings. The number of fused-ring (bicyclic) bond motifs is 1. The van der Waals surface area contributed by atoms with Crippen LogP contribution in [-0.4, -0.2) is 9.55 Å². The summed E-state index contributed by atoms with van der Waals surface area (Å²) < 4.78 is 2.12. The van der Waals surface area contributed by atoms with Crippen LogP contribution in [0.4, 0.5) is 0 Å². The lowest BCUT2D eigenvalue weighted by Crippen LogP contribution is -2.29. The normalized spacial score (nSPS) is 11.3. The topological polar surface area (TPSA) is 54.9 Å². The zero-order valence-electron chi connectivity index (χ0n) is 12.6. The molecule has 0 aliphatic heterocycles. The van der Waals surface area contributed by atoms with Crippen molar-refractivity contribution in [2.24, 2.45) is 0 Å². The third kappa shape index (κ3) is 2.86. The Morgan fingerprint density at radius 1 is 1.17 bits per heavy atom. The molecule has 0 spiro atoms. The van der Waals surface area contributed by atoms with Gasteiger partial charge in [0, 0.05) is 4.47 Å². The summed E-state index contributed by atoms with van der Waals surface area (Å²) in [5.74, 6) is 0.334. The first-order chi connectivity index (χ1) is 10.9. The number of hydrogen-bond donors (Lipinski definition) is 1. The fourth-order valence-corrected chi connectivity index (χ4v) is 3.01. The highest BCUT2D eigenvalue weighted by atomic mass is 79.9. The molecule has 0 saturated heterocycles. The molecular formula is C17H14BrClN2O2. The molecule has 3 rings (SSSR count). The smallest absolute Gasteiger partial charge is 0.273 e. The number of H-pyrrole nitrogens is 1. The molecule has 0 saturated carbocycles. The summed E-state index contributed by atoms with van der Waals surface area (Å²) in [6.07, 6.45) is 0. The van der Waals surface area contributed by atoms with E-state index in [1.807, 2.05) is 24.3 Å². The Bertz CT molecular complexity index is 1020. The zero-order valence-corrected chi connectivity index (χ0v) is 14.9. The minimum Gasteiger partial charge on any atom is -0.273 e. The van der Waals surface area contributed by atoms with Crippen molar-refractivity contribution in [3.05, 3.63) is 72.3 Å². The highest BCUT2D eigenvalue weighted by Gasteiger charge is 2.12. The molecule has 0 amide bonds. The molecule has 6 heteroatoms. The standard InChI is InChI=1S/C17H14BrClN2O2/c1-9(2)10-4-3-5-11(6-10)21-15-8-13(18)14(19)7-12(15)16(22)20-17(21)23/h3-9H,1-2H3,(H,20,22,23). The molecule has 0 atom stereocenters. The minimum absolute atomic E-state index is 0.334. The van der Waals surface area contributed by atoms with Gasteiger partial charge in [0.25, 0.3) is 5.56 Å². The van der Waals surface area contributed by atoms with Gasteiger partial charge in [-0.15, -0.1) is 0 Å². The molecule has 4 nitrogen and oxygen atoms in total. The van der Waals surface area contributed by atoms with Crippen LogP contribution in [0, 0.1) is 0 Å². The first-order valence-electron chi connectivity index (χ1n) is 7.13. The van der Waals surface area contributed by atoms with Crippen molar-refractivity contribution in [1.29, 1.82) is 0 Å². The molecule has 0 bridgehead atoms. The SMILES string of the molecule is CC(C)c1cccc(-n2c(=O)[nH]c(=O)c3cc(Cl)c(Br)cc32)c1. The maximum Gasteiger partial charge on any atom is 0.333 e. The highest BCUT2D eigenvalue weighted by molar-refractivity contribution is 9.10. The van der Waals surface area contributed by atoms with Crippen LogP contribution in [0.3, 0.4) is 0 Å². The highest BCUT2D eigenvalue weighted by Crippen LogP contribution is 2.27. The monoisotopic (exact) mass is 392 g/mol. The lowest BCUT2D eigenvalue weighted by molar-refractivity contribution is 0.859. The van der Waals surface area contributed by atoms with Crippen LogP contribution < -0.4 is 11.2 Å². The first-order valence-corrected chi connectivity index (χ1v) is 8.30. The van der Waals surface area contributed by atoms with Crippen LogP contribution in [0.25, 0.3) is 16.6 Å². The van der Waals surface area contributed by atoms with Crippen molar-refractivity contribution in [2.45, 2.75) is 19.8 Å². The van der Waals surface area contributed by atoms with Crippen molar-refractivity contribution >= 4 is 38.4 Å². The largest absolute Gasteiger partial charge is 0.333 e. The molecule has 3 aromatic rings. The molecule has 0 radical (unpaired) electrons. The molecule has 1 heterocycles. The van der Waals surface area contributed by atoms with E-state index in [0.29, 0.717) is 32.0 Å². The zero-order chi connectivity index (χ0) is 16.7. The van der Waals surface area contributed by atoms with E-state index in [1.54, 1.807) is 12.1 Å². The maximum absolute atomic E-state index is 12.4. The number of nitrogens with zero attached hydrogens (tertiary/aromatic N) is 1. The van der Waals surface area contributed by atoms with E-state index in [9.17, 15) is 9.59 Å². The second-order valence-electron chi connectivity index (χ2n) is 5.63. The maximum atomic E-state index is 12.4. The Hall–Kier alpha value is -1.85. The Balaban J connectivity index is 2.42. The van der Waals surface area contributed by atoms with Crippen LogP contribution in [0.1, 0.15) is 25.3 Å². The Morgan fingerprint density at radius 3 is 2.61 bits per heavy atom. The predicted octanol–water partition coefficient (Wildman–Crippen LogP) is 4.22. The quantitative estimate of drug-likeness (QED) is 0.709. The van der Waals surface area contributed by atoms with Crippen molar-refractivity contribution < 1.29 is 0 Å². The Morgan fingerprint density at radius 2 is 1.91 bits per heavy atom. The average molecular weight is 394 g/mol. The van der Waals surface area contributed by atoms with Crippen molar-refractivity contribution in [3.8, 4) is 5.69 Å². The third-order valence-electron chi connectivity index (χ3n) is 3.74. The van der Waals surface area contributed by atoms with E-state index < -0.39 is 11.2 Å². The number of aromatic nitrogens is 2. The summed E-state index contributed by atoms with van der Waals surface area (Å²) >= 11 is 9.43. The summed E-state index contributed by atoms with van der Waals surface area (Å²) in [7, 11) is 0. The van der Waals surface area contributed by atoms with Gasteiger partial charge < -0.3 is 0 Å². The van der Waals surface area contributed by atoms with E-state index in [2.05, 4.69) is 34.8 Å². The van der Waals surface area contributed by atoms with Crippen LogP contribution in [0.5, 0.6) is 0 Å². The number of hydrogen-bond acceptors (Lipinski definition) is 2. The van der Waals surface area contributed by atoms with Gasteiger partial charge in [0.2, 0.25) is 0 Å². The summed E-state index contributed by atoms with van der Waals surface area (Å²) in [5, 5.41) is 0.789. The van der Waals surface area contributed by atoms with Gasteiger partial charge in [-0.05, 0) is 51.7 Å². The van der Waals surface area contributed by atoms with Crippen LogP contribution in [-0.2, 0) is 0 Å². The van der Waals surface area contributed by atoms with Crippen LogP contribution in [0.15, 0.2) is 50.5 Å². The van der Waals surface area contributed by atoms with E-state index >= 15 is 0 Å². The number of aromatic amines is 1. The molecule has 1 N–H and O–H groups in total. The summed E-state index contributed by atoms with van der Waals surface area (Å²) in [6.45, 7) is 4.17. The van der Waals surface area contributed by atoms with Gasteiger partial charge in [-0.2, -0.15) is 0 Å². The number of halogens is 2. The molecule has 0 fully saturated rings. The van der Waals surface area contributed by atoms with Gasteiger partial charge in [-0.3, -0.25) is 14.3 Å². The van der Waals surface area contributed by atoms with E-state index in [4.69, 9.17) is 11.6 Å². The molecule has 23 heavy (non-hydrogen) atoms. The van der Waals surface area contributed by atoms with Gasteiger partial charge in [0.1, 0.15) is 0 Å². The van der Waals surface area contributed by atoms with E-state index in [1.165, 1.54) is 4.57 Å². The van der Waals surface area contributed by atoms with Gasteiger partial charge in [-0.1, -0.05) is 37.6 Å². The molecule has 2 aromatic carbocycles. The van der Waals surface area contributed by atoms with Gasteiger partial charge in [-0.25, -0.2) is 4.79 Å². The lowest BCUT2D eigenvalue weighted by atomic mass is 10.0. The van der Waals surface area contributed by atoms with Crippen molar-refractivity contribution in [2.75, 3.05) is 0 Å². The summed E-state index contributed by atoms with van der Waals surface area (Å²) in [5.41, 5.74) is 1.41. The molecule has 0 aliphatic carbocycles. The van der Waals surface area contributed by atoms with Gasteiger partial charge in [0.05, 0.1) is 21.6 Å². The van der Waals surface area contributed by atoms with Crippen LogP contribution in [0.2, 0.25) is 5.02 Å². The van der Waals surface area contributed by atoms with E-state index in [-0.39, 0.29) is 0 Å². The Labute approximate surface area is 145 Å². The summed E-state index contributed by atoms with van der Waals surface area (Å²) in [4.78, 5) is 26.8. The van der Waals surface area contributed by atoms with Gasteiger partial charge >= 0.3 is 5.69 Å². The second kappa shape index (κ2) is 5.98. The summed E-state index contributed by atoms with van der Waals surface area (Å²) in [6, 6.07) is 11.0. The molecule has 118 valence electrons. The molecule has 0 unspecified atom stereocenters. The third-order valence-corrected chi connectivity index (χ3v) is 4.94. The lowest BCUT2D eigenvalue weighted by Gasteiger charge is -2.13. The van der Waals surface area contributed by atoms with Gasteiger partial charge in [0.15, 0.2) is 0 Å². The fraction of sp³-hybridized carbons (Fsp3) is 0.176. The molecule has 1 aromatic heterocycles.